The molecule has 1 aliphatic rings. The molecule has 0 saturated carbocycles. The van der Waals surface area contributed by atoms with Gasteiger partial charge in [-0.1, -0.05) is 44.2 Å². The van der Waals surface area contributed by atoms with E-state index >= 15 is 0 Å². The lowest BCUT2D eigenvalue weighted by molar-refractivity contribution is -0.149. The first-order chi connectivity index (χ1) is 14.3. The molecule has 1 aromatic rings. The molecule has 30 heavy (non-hydrogen) atoms. The molecular formula is C22H32N2O6. The van der Waals surface area contributed by atoms with E-state index in [1.807, 2.05) is 44.2 Å². The van der Waals surface area contributed by atoms with Crippen molar-refractivity contribution < 1.29 is 29.0 Å². The summed E-state index contributed by atoms with van der Waals surface area (Å²) in [5.74, 6) is -1.17. The second kappa shape index (κ2) is 11.0. The monoisotopic (exact) mass is 420 g/mol. The summed E-state index contributed by atoms with van der Waals surface area (Å²) in [5.41, 5.74) is -0.513. The van der Waals surface area contributed by atoms with Crippen LogP contribution in [-0.2, 0) is 25.7 Å². The highest BCUT2D eigenvalue weighted by atomic mass is 16.6. The molecule has 1 amide bonds. The molecule has 166 valence electrons. The first-order valence-corrected chi connectivity index (χ1v) is 10.3. The number of nitrogens with zero attached hydrogens (tertiary/aromatic N) is 1. The van der Waals surface area contributed by atoms with E-state index in [0.29, 0.717) is 25.8 Å². The topological polar surface area (TPSA) is 105 Å². The van der Waals surface area contributed by atoms with Crippen LogP contribution in [0, 0.1) is 5.92 Å². The minimum Gasteiger partial charge on any atom is -0.479 e. The molecule has 8 heteroatoms. The van der Waals surface area contributed by atoms with Crippen LogP contribution < -0.4 is 5.32 Å². The highest BCUT2D eigenvalue weighted by molar-refractivity contribution is 5.85. The van der Waals surface area contributed by atoms with Gasteiger partial charge in [0.25, 0.3) is 0 Å². The van der Waals surface area contributed by atoms with Gasteiger partial charge in [-0.3, -0.25) is 9.69 Å². The number of methoxy groups -OCH3 is 1. The van der Waals surface area contributed by atoms with Gasteiger partial charge in [0, 0.05) is 6.54 Å². The molecule has 0 aliphatic carbocycles. The highest BCUT2D eigenvalue weighted by Crippen LogP contribution is 2.33. The summed E-state index contributed by atoms with van der Waals surface area (Å²) in [6.45, 7) is 4.67. The van der Waals surface area contributed by atoms with E-state index in [0.717, 1.165) is 5.56 Å². The number of rotatable bonds is 10. The fourth-order valence-electron chi connectivity index (χ4n) is 3.86. The van der Waals surface area contributed by atoms with Crippen LogP contribution in [0.15, 0.2) is 30.3 Å². The molecule has 1 aromatic carbocycles. The third-order valence-electron chi connectivity index (χ3n) is 5.43. The van der Waals surface area contributed by atoms with Crippen LogP contribution in [-0.4, -0.2) is 59.8 Å². The normalized spacial score (nSPS) is 19.5. The summed E-state index contributed by atoms with van der Waals surface area (Å²) in [6, 6.07) is 8.73. The van der Waals surface area contributed by atoms with Crippen molar-refractivity contribution >= 4 is 18.0 Å². The molecule has 8 nitrogen and oxygen atoms in total. The summed E-state index contributed by atoms with van der Waals surface area (Å²) < 4.78 is 10.2. The maximum absolute atomic E-state index is 12.7. The molecule has 0 spiro atoms. The summed E-state index contributed by atoms with van der Waals surface area (Å²) in [6.07, 6.45) is 1.05. The van der Waals surface area contributed by atoms with Crippen LogP contribution in [0.3, 0.4) is 0 Å². The fourth-order valence-corrected chi connectivity index (χ4v) is 3.86. The van der Waals surface area contributed by atoms with E-state index in [1.54, 1.807) is 0 Å². The minimum absolute atomic E-state index is 0.0862. The van der Waals surface area contributed by atoms with E-state index in [1.165, 1.54) is 12.0 Å². The first-order valence-electron chi connectivity index (χ1n) is 10.3. The number of likely N-dealkylation sites (tertiary alicyclic amines) is 1. The average molecular weight is 421 g/mol. The van der Waals surface area contributed by atoms with E-state index in [2.05, 4.69) is 5.32 Å². The number of carboxylic acids is 1. The molecule has 1 fully saturated rings. The van der Waals surface area contributed by atoms with Gasteiger partial charge in [0.1, 0.15) is 18.2 Å². The third kappa shape index (κ3) is 5.95. The number of hydrogen-bond donors (Lipinski definition) is 2. The lowest BCUT2D eigenvalue weighted by Crippen LogP contribution is -2.55. The number of carboxylic acid groups (broad SMARTS) is 1. The predicted molar refractivity (Wildman–Crippen MR) is 111 cm³/mol. The Balaban J connectivity index is 2.02. The van der Waals surface area contributed by atoms with Gasteiger partial charge < -0.3 is 19.9 Å². The number of hydrogen-bond acceptors (Lipinski definition) is 6. The summed E-state index contributed by atoms with van der Waals surface area (Å²) in [5, 5.41) is 13.1. The van der Waals surface area contributed by atoms with Gasteiger partial charge in [0.05, 0.1) is 7.11 Å². The van der Waals surface area contributed by atoms with E-state index in [9.17, 15) is 19.5 Å². The zero-order valence-corrected chi connectivity index (χ0v) is 17.9. The zero-order valence-electron chi connectivity index (χ0n) is 17.9. The van der Waals surface area contributed by atoms with Crippen LogP contribution in [0.25, 0.3) is 0 Å². The smallest absolute Gasteiger partial charge is 0.411 e. The Bertz CT molecular complexity index is 724. The van der Waals surface area contributed by atoms with Crippen molar-refractivity contribution in [2.24, 2.45) is 5.92 Å². The van der Waals surface area contributed by atoms with Crippen LogP contribution in [0.2, 0.25) is 0 Å². The maximum Gasteiger partial charge on any atom is 0.411 e. The van der Waals surface area contributed by atoms with Gasteiger partial charge in [0.15, 0.2) is 0 Å². The van der Waals surface area contributed by atoms with Crippen LogP contribution in [0.1, 0.15) is 45.1 Å². The van der Waals surface area contributed by atoms with E-state index < -0.39 is 23.6 Å². The average Bonchev–Trinajstić information content (AvgIpc) is 3.16. The number of benzene rings is 1. The molecule has 2 N–H and O–H groups in total. The molecule has 0 bridgehead atoms. The Hall–Kier alpha value is -2.61. The van der Waals surface area contributed by atoms with Crippen molar-refractivity contribution in [3.05, 3.63) is 35.9 Å². The SMILES string of the molecule is COC(=O)[C@@H](CC(C)C)NCC[C@]1(C(=O)O)CCCN1C(=O)OCc1ccccc1. The molecule has 2 rings (SSSR count). The largest absolute Gasteiger partial charge is 0.479 e. The molecule has 0 radical (unpaired) electrons. The molecule has 1 aliphatic heterocycles. The van der Waals surface area contributed by atoms with Crippen molar-refractivity contribution in [3.63, 3.8) is 0 Å². The number of carbonyl (C=O) groups is 3. The fraction of sp³-hybridized carbons (Fsp3) is 0.591. The second-order valence-corrected chi connectivity index (χ2v) is 8.04. The minimum atomic E-state index is -1.35. The van der Waals surface area contributed by atoms with Crippen LogP contribution in [0.5, 0.6) is 0 Å². The number of aliphatic carboxylic acids is 1. The lowest BCUT2D eigenvalue weighted by Gasteiger charge is -2.34. The zero-order chi connectivity index (χ0) is 22.1. The van der Waals surface area contributed by atoms with Crippen LogP contribution in [0.4, 0.5) is 4.79 Å². The van der Waals surface area contributed by atoms with Crippen molar-refractivity contribution in [2.45, 2.75) is 57.7 Å². The maximum atomic E-state index is 12.7. The Morgan fingerprint density at radius 3 is 2.53 bits per heavy atom. The van der Waals surface area contributed by atoms with Gasteiger partial charge in [0.2, 0.25) is 0 Å². The molecule has 0 aromatic heterocycles. The molecule has 1 heterocycles. The first kappa shape index (κ1) is 23.7. The summed E-state index contributed by atoms with van der Waals surface area (Å²) in [4.78, 5) is 38.2. The summed E-state index contributed by atoms with van der Waals surface area (Å²) >= 11 is 0. The number of carbonyl (C=O) groups excluding carboxylic acids is 2. The van der Waals surface area contributed by atoms with Gasteiger partial charge >= 0.3 is 18.0 Å². The van der Waals surface area contributed by atoms with Crippen molar-refractivity contribution in [1.82, 2.24) is 10.2 Å². The molecule has 0 unspecified atom stereocenters. The highest BCUT2D eigenvalue weighted by Gasteiger charge is 2.50. The van der Waals surface area contributed by atoms with Crippen LogP contribution >= 0.6 is 0 Å². The Morgan fingerprint density at radius 2 is 1.93 bits per heavy atom. The number of amides is 1. The van der Waals surface area contributed by atoms with E-state index in [-0.39, 0.29) is 31.5 Å². The quantitative estimate of drug-likeness (QED) is 0.561. The van der Waals surface area contributed by atoms with Crippen molar-refractivity contribution in [1.29, 1.82) is 0 Å². The number of ether oxygens (including phenoxy) is 2. The Morgan fingerprint density at radius 1 is 1.23 bits per heavy atom. The van der Waals surface area contributed by atoms with Crippen molar-refractivity contribution in [2.75, 3.05) is 20.2 Å². The molecular weight excluding hydrogens is 388 g/mol. The Labute approximate surface area is 177 Å². The third-order valence-corrected chi connectivity index (χ3v) is 5.43. The van der Waals surface area contributed by atoms with E-state index in [4.69, 9.17) is 9.47 Å². The molecule has 2 atom stereocenters. The van der Waals surface area contributed by atoms with Gasteiger partial charge in [-0.05, 0) is 43.7 Å². The predicted octanol–water partition coefficient (Wildman–Crippen LogP) is 2.81. The molecule has 1 saturated heterocycles. The lowest BCUT2D eigenvalue weighted by atomic mass is 9.91. The van der Waals surface area contributed by atoms with Gasteiger partial charge in [-0.15, -0.1) is 0 Å². The Kier molecular flexibility index (Phi) is 8.65. The summed E-state index contributed by atoms with van der Waals surface area (Å²) in [7, 11) is 1.33. The number of esters is 1. The number of nitrogens with one attached hydrogen (secondary N) is 1. The van der Waals surface area contributed by atoms with Crippen molar-refractivity contribution in [3.8, 4) is 0 Å². The van der Waals surface area contributed by atoms with Gasteiger partial charge in [-0.2, -0.15) is 0 Å². The standard InChI is InChI=1S/C22H32N2O6/c1-16(2)14-18(19(25)29-3)23-12-11-22(20(26)27)10-7-13-24(22)21(28)30-15-17-8-5-4-6-9-17/h4-6,8-9,16,18,23H,7,10-15H2,1-3H3,(H,26,27)/t18-,22+/m1/s1. The van der Waals surface area contributed by atoms with Gasteiger partial charge in [-0.25, -0.2) is 9.59 Å². The second-order valence-electron chi connectivity index (χ2n) is 8.04.